The molecule has 0 saturated carbocycles. The van der Waals surface area contributed by atoms with E-state index in [2.05, 4.69) is 5.32 Å². The Labute approximate surface area is 173 Å². The van der Waals surface area contributed by atoms with Crippen molar-refractivity contribution in [1.82, 2.24) is 8.87 Å². The molecule has 0 radical (unpaired) electrons. The molecule has 0 aliphatic heterocycles. The zero-order valence-electron chi connectivity index (χ0n) is 16.5. The highest BCUT2D eigenvalue weighted by atomic mass is 32.2. The molecule has 10 heteroatoms. The number of fused-ring (bicyclic) bond motifs is 1. The second kappa shape index (κ2) is 7.97. The van der Waals surface area contributed by atoms with E-state index in [-0.39, 0.29) is 10.8 Å². The Kier molecular flexibility index (Phi) is 5.78. The second-order valence-electron chi connectivity index (χ2n) is 6.55. The number of carbonyl (C=O) groups is 1. The van der Waals surface area contributed by atoms with Gasteiger partial charge in [0, 0.05) is 38.9 Å². The van der Waals surface area contributed by atoms with Crippen molar-refractivity contribution in [3.05, 3.63) is 57.7 Å². The Bertz CT molecular complexity index is 1210. The lowest BCUT2D eigenvalue weighted by molar-refractivity contribution is 0.102. The van der Waals surface area contributed by atoms with E-state index in [1.54, 1.807) is 41.0 Å². The van der Waals surface area contributed by atoms with Crippen LogP contribution in [0.15, 0.2) is 47.3 Å². The monoisotopic (exact) mass is 434 g/mol. The van der Waals surface area contributed by atoms with E-state index in [1.807, 2.05) is 13.0 Å². The summed E-state index contributed by atoms with van der Waals surface area (Å²) in [4.78, 5) is 24.5. The van der Waals surface area contributed by atoms with Crippen LogP contribution in [0.25, 0.3) is 10.2 Å². The van der Waals surface area contributed by atoms with E-state index in [0.717, 1.165) is 30.2 Å². The number of nitrogens with zero attached hydrogens (tertiary/aromatic N) is 3. The van der Waals surface area contributed by atoms with Crippen LogP contribution in [0.1, 0.15) is 17.3 Å². The van der Waals surface area contributed by atoms with Crippen LogP contribution in [0.4, 0.5) is 11.4 Å². The molecule has 3 aromatic rings. The lowest BCUT2D eigenvalue weighted by Gasteiger charge is -2.23. The summed E-state index contributed by atoms with van der Waals surface area (Å²) in [6.07, 6.45) is 0. The zero-order valence-corrected chi connectivity index (χ0v) is 18.2. The Morgan fingerprint density at radius 1 is 1.10 bits per heavy atom. The van der Waals surface area contributed by atoms with E-state index in [0.29, 0.717) is 23.5 Å². The molecule has 1 amide bonds. The molecule has 0 unspecified atom stereocenters. The summed E-state index contributed by atoms with van der Waals surface area (Å²) in [7, 11) is 0.764. The van der Waals surface area contributed by atoms with Gasteiger partial charge in [-0.15, -0.1) is 0 Å². The van der Waals surface area contributed by atoms with Gasteiger partial charge in [-0.3, -0.25) is 18.5 Å². The quantitative estimate of drug-likeness (QED) is 0.645. The van der Waals surface area contributed by atoms with Crippen molar-refractivity contribution in [2.24, 2.45) is 0 Å². The topological polar surface area (TPSA) is 91.7 Å². The normalized spacial score (nSPS) is 11.8. The molecule has 154 valence electrons. The third-order valence-electron chi connectivity index (χ3n) is 4.54. The third kappa shape index (κ3) is 4.04. The second-order valence-corrected chi connectivity index (χ2v) is 9.72. The molecule has 2 aromatic carbocycles. The summed E-state index contributed by atoms with van der Waals surface area (Å²) < 4.78 is 29.1. The van der Waals surface area contributed by atoms with Gasteiger partial charge >= 0.3 is 15.1 Å². The number of amides is 1. The maximum Gasteiger partial charge on any atom is 0.308 e. The number of aromatic nitrogens is 1. The van der Waals surface area contributed by atoms with Crippen LogP contribution in [0.3, 0.4) is 0 Å². The van der Waals surface area contributed by atoms with Crippen molar-refractivity contribution in [3.8, 4) is 0 Å². The molecule has 0 spiro atoms. The number of aryl methyl sites for hydroxylation is 1. The lowest BCUT2D eigenvalue weighted by Crippen LogP contribution is -2.37. The van der Waals surface area contributed by atoms with Crippen molar-refractivity contribution in [1.29, 1.82) is 0 Å². The summed E-state index contributed by atoms with van der Waals surface area (Å²) in [6, 6.07) is 11.6. The fourth-order valence-electron chi connectivity index (χ4n) is 2.85. The van der Waals surface area contributed by atoms with Gasteiger partial charge < -0.3 is 5.32 Å². The molecule has 1 N–H and O–H groups in total. The number of anilines is 2. The van der Waals surface area contributed by atoms with E-state index >= 15 is 0 Å². The summed E-state index contributed by atoms with van der Waals surface area (Å²) >= 11 is 1.14. The molecule has 0 fully saturated rings. The van der Waals surface area contributed by atoms with Gasteiger partial charge in [0.25, 0.3) is 5.91 Å². The van der Waals surface area contributed by atoms with Crippen LogP contribution in [0, 0.1) is 0 Å². The van der Waals surface area contributed by atoms with Gasteiger partial charge in [0.2, 0.25) is 0 Å². The molecule has 29 heavy (non-hydrogen) atoms. The number of rotatable bonds is 6. The van der Waals surface area contributed by atoms with Crippen LogP contribution in [0.5, 0.6) is 0 Å². The average Bonchev–Trinajstić information content (AvgIpc) is 3.01. The first-order valence-electron chi connectivity index (χ1n) is 8.86. The number of benzene rings is 2. The molecule has 8 nitrogen and oxygen atoms in total. The largest absolute Gasteiger partial charge is 0.322 e. The van der Waals surface area contributed by atoms with E-state index < -0.39 is 10.2 Å². The van der Waals surface area contributed by atoms with Crippen LogP contribution in [-0.2, 0) is 16.8 Å². The molecule has 0 bridgehead atoms. The molecule has 0 atom stereocenters. The summed E-state index contributed by atoms with van der Waals surface area (Å²) in [5.41, 5.74) is 2.27. The maximum absolute atomic E-state index is 12.6. The first kappa shape index (κ1) is 21.0. The van der Waals surface area contributed by atoms with Gasteiger partial charge in [-0.25, -0.2) is 0 Å². The van der Waals surface area contributed by atoms with Crippen molar-refractivity contribution in [2.75, 3.05) is 30.8 Å². The number of carbonyl (C=O) groups excluding carboxylic acids is 1. The minimum atomic E-state index is -3.60. The van der Waals surface area contributed by atoms with Crippen molar-refractivity contribution < 1.29 is 13.2 Å². The fourth-order valence-corrected chi connectivity index (χ4v) is 4.72. The van der Waals surface area contributed by atoms with E-state index in [1.165, 1.54) is 21.1 Å². The summed E-state index contributed by atoms with van der Waals surface area (Å²) in [5.74, 6) is -0.323. The predicted octanol–water partition coefficient (Wildman–Crippen LogP) is 2.58. The molecular formula is C19H22N4O4S2. The molecule has 0 aliphatic carbocycles. The standard InChI is InChI=1S/C19H22N4O4S2/c1-5-23-16-11-8-14(12-17(16)28-19(23)25)20-18(24)13-6-9-15(10-7-13)22(4)29(26,27)21(2)3/h6-12H,5H2,1-4H3,(H,20,24). The van der Waals surface area contributed by atoms with Gasteiger partial charge in [-0.05, 0) is 49.4 Å². The van der Waals surface area contributed by atoms with Gasteiger partial charge in [0.05, 0.1) is 15.9 Å². The average molecular weight is 435 g/mol. The molecule has 0 saturated heterocycles. The van der Waals surface area contributed by atoms with Gasteiger partial charge in [0.1, 0.15) is 0 Å². The summed E-state index contributed by atoms with van der Waals surface area (Å²) in [5, 5.41) is 2.81. The van der Waals surface area contributed by atoms with Gasteiger partial charge in [-0.2, -0.15) is 12.7 Å². The van der Waals surface area contributed by atoms with Crippen LogP contribution >= 0.6 is 11.3 Å². The number of nitrogens with one attached hydrogen (secondary N) is 1. The third-order valence-corrected chi connectivity index (χ3v) is 7.31. The van der Waals surface area contributed by atoms with E-state index in [9.17, 15) is 18.0 Å². The Morgan fingerprint density at radius 3 is 2.34 bits per heavy atom. The first-order valence-corrected chi connectivity index (χ1v) is 11.1. The zero-order chi connectivity index (χ0) is 21.3. The van der Waals surface area contributed by atoms with Crippen molar-refractivity contribution in [3.63, 3.8) is 0 Å². The highest BCUT2D eigenvalue weighted by Gasteiger charge is 2.21. The summed E-state index contributed by atoms with van der Waals surface area (Å²) in [6.45, 7) is 2.50. The predicted molar refractivity (Wildman–Crippen MR) is 117 cm³/mol. The smallest absolute Gasteiger partial charge is 0.308 e. The van der Waals surface area contributed by atoms with Crippen LogP contribution < -0.4 is 14.5 Å². The number of hydrogen-bond acceptors (Lipinski definition) is 5. The fraction of sp³-hybridized carbons (Fsp3) is 0.263. The maximum atomic E-state index is 12.6. The molecule has 0 aliphatic rings. The minimum absolute atomic E-state index is 0.0293. The highest BCUT2D eigenvalue weighted by Crippen LogP contribution is 2.23. The van der Waals surface area contributed by atoms with Crippen molar-refractivity contribution >= 4 is 49.0 Å². The minimum Gasteiger partial charge on any atom is -0.322 e. The highest BCUT2D eigenvalue weighted by molar-refractivity contribution is 7.90. The lowest BCUT2D eigenvalue weighted by atomic mass is 10.2. The SMILES string of the molecule is CCn1c(=O)sc2cc(NC(=O)c3ccc(N(C)S(=O)(=O)N(C)C)cc3)ccc21. The van der Waals surface area contributed by atoms with E-state index in [4.69, 9.17) is 0 Å². The van der Waals surface area contributed by atoms with Gasteiger partial charge in [0.15, 0.2) is 0 Å². The van der Waals surface area contributed by atoms with Crippen LogP contribution in [-0.4, -0.2) is 44.3 Å². The van der Waals surface area contributed by atoms with Crippen molar-refractivity contribution in [2.45, 2.75) is 13.5 Å². The number of hydrogen-bond donors (Lipinski definition) is 1. The van der Waals surface area contributed by atoms with Gasteiger partial charge in [-0.1, -0.05) is 11.3 Å². The Morgan fingerprint density at radius 2 is 1.76 bits per heavy atom. The molecule has 1 heterocycles. The Hall–Kier alpha value is -2.69. The molecule has 3 rings (SSSR count). The number of thiazole rings is 1. The van der Waals surface area contributed by atoms with Crippen LogP contribution in [0.2, 0.25) is 0 Å². The molecular weight excluding hydrogens is 412 g/mol. The first-order chi connectivity index (χ1) is 13.6. The molecule has 1 aromatic heterocycles. The Balaban J connectivity index is 1.79.